The van der Waals surface area contributed by atoms with Gasteiger partial charge in [0.15, 0.2) is 0 Å². The smallest absolute Gasteiger partial charge is 0.249 e. The van der Waals surface area contributed by atoms with Gasteiger partial charge in [0.25, 0.3) is 0 Å². The molecule has 1 aromatic carbocycles. The van der Waals surface area contributed by atoms with Gasteiger partial charge >= 0.3 is 0 Å². The van der Waals surface area contributed by atoms with E-state index in [4.69, 9.17) is 4.74 Å². The average molecular weight is 514 g/mol. The van der Waals surface area contributed by atoms with Gasteiger partial charge in [-0.3, -0.25) is 19.9 Å². The van der Waals surface area contributed by atoms with Gasteiger partial charge in [0.1, 0.15) is 18.6 Å². The zero-order valence-electron chi connectivity index (χ0n) is 20.1. The minimum Gasteiger partial charge on any atom is -0.497 e. The molecule has 2 aromatic heterocycles. The third-order valence-corrected chi connectivity index (χ3v) is 7.75. The number of fused-ring (bicyclic) bond motifs is 1. The van der Waals surface area contributed by atoms with Crippen LogP contribution < -0.4 is 10.2 Å². The van der Waals surface area contributed by atoms with Gasteiger partial charge in [-0.25, -0.2) is 14.3 Å². The number of methoxy groups -OCH3 is 1. The first-order chi connectivity index (χ1) is 17.5. The van der Waals surface area contributed by atoms with Crippen LogP contribution in [0, 0.1) is 17.3 Å². The molecule has 3 aromatic rings. The number of nitrogens with zero attached hydrogens (tertiary/aromatic N) is 2. The van der Waals surface area contributed by atoms with Crippen LogP contribution in [-0.4, -0.2) is 47.7 Å². The van der Waals surface area contributed by atoms with Crippen LogP contribution in [0.3, 0.4) is 0 Å². The highest BCUT2D eigenvalue weighted by Crippen LogP contribution is 2.41. The van der Waals surface area contributed by atoms with Crippen molar-refractivity contribution in [3.63, 3.8) is 0 Å². The van der Waals surface area contributed by atoms with Crippen molar-refractivity contribution in [3.05, 3.63) is 57.9 Å². The van der Waals surface area contributed by atoms with E-state index in [2.05, 4.69) is 21.7 Å². The fourth-order valence-electron chi connectivity index (χ4n) is 4.82. The van der Waals surface area contributed by atoms with Crippen LogP contribution in [0.2, 0.25) is 0 Å². The SMILES string of the molecule is COc1ccc2ncc(CF)c(C(F)CCC3(C(=O)NO)CCN(CC#Cc4cccs4)CC3)c2c1. The number of alkyl halides is 2. The third kappa shape index (κ3) is 5.67. The molecule has 1 atom stereocenters. The molecular formula is C27H29F2N3O3S. The molecule has 6 nitrogen and oxygen atoms in total. The van der Waals surface area contributed by atoms with Crippen molar-refractivity contribution in [2.24, 2.45) is 5.41 Å². The number of thiophene rings is 1. The second-order valence-electron chi connectivity index (χ2n) is 9.00. The van der Waals surface area contributed by atoms with Crippen LogP contribution in [0.15, 0.2) is 41.9 Å². The molecule has 0 spiro atoms. The molecule has 0 saturated carbocycles. The zero-order chi connectivity index (χ0) is 25.5. The zero-order valence-corrected chi connectivity index (χ0v) is 20.9. The van der Waals surface area contributed by atoms with Gasteiger partial charge in [-0.15, -0.1) is 11.3 Å². The maximum absolute atomic E-state index is 15.8. The molecule has 1 saturated heterocycles. The summed E-state index contributed by atoms with van der Waals surface area (Å²) in [5.41, 5.74) is 1.85. The Morgan fingerprint density at radius 3 is 2.83 bits per heavy atom. The first kappa shape index (κ1) is 26.0. The molecule has 9 heteroatoms. The lowest BCUT2D eigenvalue weighted by Crippen LogP contribution is -2.48. The Bertz CT molecular complexity index is 1240. The van der Waals surface area contributed by atoms with Crippen molar-refractivity contribution in [3.8, 4) is 17.6 Å². The molecule has 1 aliphatic heterocycles. The van der Waals surface area contributed by atoms with E-state index in [0.29, 0.717) is 49.1 Å². The molecule has 190 valence electrons. The number of carbonyl (C=O) groups is 1. The molecule has 36 heavy (non-hydrogen) atoms. The quantitative estimate of drug-likeness (QED) is 0.246. The lowest BCUT2D eigenvalue weighted by molar-refractivity contribution is -0.143. The van der Waals surface area contributed by atoms with Crippen LogP contribution in [-0.2, 0) is 11.5 Å². The summed E-state index contributed by atoms with van der Waals surface area (Å²) in [5.74, 6) is 6.31. The largest absolute Gasteiger partial charge is 0.497 e. The molecule has 0 aliphatic carbocycles. The summed E-state index contributed by atoms with van der Waals surface area (Å²) in [5, 5.41) is 11.9. The topological polar surface area (TPSA) is 74.7 Å². The van der Waals surface area contributed by atoms with E-state index in [9.17, 15) is 14.4 Å². The monoisotopic (exact) mass is 513 g/mol. The molecule has 0 bridgehead atoms. The van der Waals surface area contributed by atoms with E-state index < -0.39 is 24.2 Å². The second-order valence-corrected chi connectivity index (χ2v) is 9.94. The van der Waals surface area contributed by atoms with Gasteiger partial charge in [-0.05, 0) is 55.3 Å². The summed E-state index contributed by atoms with van der Waals surface area (Å²) in [4.78, 5) is 20.1. The standard InChI is InChI=1S/C27H29F2N3O3S/c1-35-20-6-7-24-22(16-20)25(19(17-28)18-30-24)23(29)8-9-27(26(33)31-34)10-13-32(14-11-27)12-2-4-21-5-3-15-36-21/h3,5-7,15-16,18,23,34H,8-14,17H2,1H3,(H,31,33). The Labute approximate surface area is 213 Å². The van der Waals surface area contributed by atoms with Crippen LogP contribution in [0.25, 0.3) is 10.9 Å². The Kier molecular flexibility index (Phi) is 8.52. The molecule has 3 heterocycles. The first-order valence-electron chi connectivity index (χ1n) is 11.8. The minimum absolute atomic E-state index is 0.00886. The fourth-order valence-corrected chi connectivity index (χ4v) is 5.41. The van der Waals surface area contributed by atoms with Gasteiger partial charge in [0, 0.05) is 35.8 Å². The number of halogens is 2. The number of hydroxylamine groups is 1. The number of nitrogens with one attached hydrogen (secondary N) is 1. The summed E-state index contributed by atoms with van der Waals surface area (Å²) in [7, 11) is 1.51. The predicted molar refractivity (Wildman–Crippen MR) is 135 cm³/mol. The molecular weight excluding hydrogens is 484 g/mol. The third-order valence-electron chi connectivity index (χ3n) is 6.96. The van der Waals surface area contributed by atoms with Crippen molar-refractivity contribution in [1.82, 2.24) is 15.4 Å². The normalized spacial score (nSPS) is 16.2. The number of ether oxygens (including phenoxy) is 1. The van der Waals surface area contributed by atoms with E-state index in [1.165, 1.54) is 13.3 Å². The highest BCUT2D eigenvalue weighted by molar-refractivity contribution is 7.10. The molecule has 1 fully saturated rings. The molecule has 0 radical (unpaired) electrons. The van der Waals surface area contributed by atoms with Crippen molar-refractivity contribution < 1.29 is 23.5 Å². The van der Waals surface area contributed by atoms with Crippen LogP contribution in [0.1, 0.15) is 47.9 Å². The highest BCUT2D eigenvalue weighted by Gasteiger charge is 2.41. The van der Waals surface area contributed by atoms with Crippen molar-refractivity contribution in [2.45, 2.75) is 38.5 Å². The molecule has 1 amide bonds. The number of rotatable bonds is 8. The number of hydrogen-bond donors (Lipinski definition) is 2. The Morgan fingerprint density at radius 2 is 2.17 bits per heavy atom. The number of aromatic nitrogens is 1. The number of piperidine rings is 1. The fraction of sp³-hybridized carbons (Fsp3) is 0.407. The number of benzene rings is 1. The molecule has 2 N–H and O–H groups in total. The van der Waals surface area contributed by atoms with Gasteiger partial charge < -0.3 is 4.74 Å². The summed E-state index contributed by atoms with van der Waals surface area (Å²) in [6, 6.07) is 9.02. The van der Waals surface area contributed by atoms with E-state index in [1.54, 1.807) is 35.0 Å². The van der Waals surface area contributed by atoms with E-state index in [1.807, 2.05) is 17.5 Å². The van der Waals surface area contributed by atoms with Gasteiger partial charge in [0.2, 0.25) is 5.91 Å². The number of likely N-dealkylation sites (tertiary alicyclic amines) is 1. The van der Waals surface area contributed by atoms with Crippen molar-refractivity contribution >= 4 is 28.1 Å². The van der Waals surface area contributed by atoms with Crippen molar-refractivity contribution in [1.29, 1.82) is 0 Å². The van der Waals surface area contributed by atoms with Gasteiger partial charge in [-0.2, -0.15) is 0 Å². The first-order valence-corrected chi connectivity index (χ1v) is 12.7. The highest BCUT2D eigenvalue weighted by atomic mass is 32.1. The van der Waals surface area contributed by atoms with E-state index in [0.717, 1.165) is 4.88 Å². The Morgan fingerprint density at radius 1 is 1.36 bits per heavy atom. The van der Waals surface area contributed by atoms with Gasteiger partial charge in [-0.1, -0.05) is 17.9 Å². The number of amides is 1. The number of hydrogen-bond acceptors (Lipinski definition) is 6. The van der Waals surface area contributed by atoms with Crippen LogP contribution in [0.4, 0.5) is 8.78 Å². The number of pyridine rings is 1. The minimum atomic E-state index is -1.51. The predicted octanol–water partition coefficient (Wildman–Crippen LogP) is 5.20. The summed E-state index contributed by atoms with van der Waals surface area (Å²) in [6.45, 7) is 0.939. The molecule has 4 rings (SSSR count). The maximum Gasteiger partial charge on any atom is 0.249 e. The van der Waals surface area contributed by atoms with Crippen LogP contribution >= 0.6 is 11.3 Å². The molecule has 1 unspecified atom stereocenters. The number of carbonyl (C=O) groups excluding carboxylic acids is 1. The average Bonchev–Trinajstić information content (AvgIpc) is 3.44. The maximum atomic E-state index is 15.8. The van der Waals surface area contributed by atoms with E-state index >= 15 is 4.39 Å². The second kappa shape index (κ2) is 11.8. The summed E-state index contributed by atoms with van der Waals surface area (Å²) in [6.07, 6.45) is 1.01. The Balaban J connectivity index is 1.48. The summed E-state index contributed by atoms with van der Waals surface area (Å²) < 4.78 is 34.8. The summed E-state index contributed by atoms with van der Waals surface area (Å²) >= 11 is 1.59. The lowest BCUT2D eigenvalue weighted by Gasteiger charge is -2.40. The lowest BCUT2D eigenvalue weighted by atomic mass is 9.73. The van der Waals surface area contributed by atoms with Crippen LogP contribution in [0.5, 0.6) is 5.75 Å². The molecule has 1 aliphatic rings. The van der Waals surface area contributed by atoms with Gasteiger partial charge in [0.05, 0.1) is 29.5 Å². The van der Waals surface area contributed by atoms with Crippen molar-refractivity contribution in [2.75, 3.05) is 26.7 Å². The Hall–Kier alpha value is -3.06. The van der Waals surface area contributed by atoms with E-state index in [-0.39, 0.29) is 24.0 Å².